The van der Waals surface area contributed by atoms with Gasteiger partial charge in [0.25, 0.3) is 0 Å². The van der Waals surface area contributed by atoms with E-state index in [1.54, 1.807) is 0 Å². The first kappa shape index (κ1) is 15.4. The Kier molecular flexibility index (Phi) is 10.5. The monoisotopic (exact) mass is 229 g/mol. The second-order valence-electron chi connectivity index (χ2n) is 4.33. The molecule has 0 heterocycles. The van der Waals surface area contributed by atoms with Crippen molar-refractivity contribution < 1.29 is 9.53 Å². The van der Waals surface area contributed by atoms with Gasteiger partial charge in [0.2, 0.25) is 0 Å². The quantitative estimate of drug-likeness (QED) is 0.355. The Balaban J connectivity index is 3.30. The summed E-state index contributed by atoms with van der Waals surface area (Å²) < 4.78 is 5.06. The summed E-state index contributed by atoms with van der Waals surface area (Å²) >= 11 is 0. The molecule has 0 aliphatic rings. The van der Waals surface area contributed by atoms with Crippen LogP contribution < -0.4 is 5.73 Å². The molecule has 0 saturated carbocycles. The maximum Gasteiger partial charge on any atom is 0.307 e. The fourth-order valence-corrected chi connectivity index (χ4v) is 1.62. The molecule has 3 nitrogen and oxygen atoms in total. The van der Waals surface area contributed by atoms with Crippen molar-refractivity contribution in [2.45, 2.75) is 77.9 Å². The molecule has 0 fully saturated rings. The molecule has 0 aliphatic carbocycles. The Morgan fingerprint density at radius 2 is 1.69 bits per heavy atom. The molecule has 1 unspecified atom stereocenters. The van der Waals surface area contributed by atoms with E-state index in [0.29, 0.717) is 6.42 Å². The van der Waals surface area contributed by atoms with Crippen LogP contribution in [0.5, 0.6) is 0 Å². The summed E-state index contributed by atoms with van der Waals surface area (Å²) in [4.78, 5) is 11.3. The second-order valence-corrected chi connectivity index (χ2v) is 4.33. The molecule has 1 atom stereocenters. The molecule has 0 radical (unpaired) electrons. The largest absolute Gasteiger partial charge is 0.447 e. The maximum atomic E-state index is 11.3. The van der Waals surface area contributed by atoms with Crippen LogP contribution in [0.4, 0.5) is 0 Å². The molecule has 0 aliphatic heterocycles. The number of ether oxygens (including phenoxy) is 1. The van der Waals surface area contributed by atoms with E-state index >= 15 is 0 Å². The van der Waals surface area contributed by atoms with E-state index in [1.165, 1.54) is 25.7 Å². The highest BCUT2D eigenvalue weighted by molar-refractivity contribution is 5.69. The van der Waals surface area contributed by atoms with Gasteiger partial charge in [-0.1, -0.05) is 52.4 Å². The fourth-order valence-electron chi connectivity index (χ4n) is 1.62. The SMILES string of the molecule is CCCCCCCCC(=O)OC(N)CCC. The summed E-state index contributed by atoms with van der Waals surface area (Å²) in [7, 11) is 0. The number of esters is 1. The van der Waals surface area contributed by atoms with Gasteiger partial charge in [-0.3, -0.25) is 10.5 Å². The smallest absolute Gasteiger partial charge is 0.307 e. The highest BCUT2D eigenvalue weighted by Gasteiger charge is 2.07. The molecule has 0 bridgehead atoms. The zero-order valence-corrected chi connectivity index (χ0v) is 10.8. The number of rotatable bonds is 10. The zero-order valence-electron chi connectivity index (χ0n) is 10.8. The molecule has 0 rings (SSSR count). The number of nitrogens with two attached hydrogens (primary N) is 1. The lowest BCUT2D eigenvalue weighted by Gasteiger charge is -2.11. The molecule has 96 valence electrons. The maximum absolute atomic E-state index is 11.3. The first-order valence-corrected chi connectivity index (χ1v) is 6.65. The Bertz CT molecular complexity index is 171. The van der Waals surface area contributed by atoms with E-state index in [1.807, 2.05) is 6.92 Å². The molecule has 0 spiro atoms. The first-order valence-electron chi connectivity index (χ1n) is 6.65. The van der Waals surface area contributed by atoms with Crippen LogP contribution in [0.25, 0.3) is 0 Å². The van der Waals surface area contributed by atoms with E-state index in [9.17, 15) is 4.79 Å². The van der Waals surface area contributed by atoms with Crippen LogP contribution in [0, 0.1) is 0 Å². The van der Waals surface area contributed by atoms with Crippen LogP contribution in [0.2, 0.25) is 0 Å². The van der Waals surface area contributed by atoms with Gasteiger partial charge in [-0.15, -0.1) is 0 Å². The van der Waals surface area contributed by atoms with Crippen molar-refractivity contribution in [3.63, 3.8) is 0 Å². The highest BCUT2D eigenvalue weighted by Crippen LogP contribution is 2.08. The van der Waals surface area contributed by atoms with Gasteiger partial charge in [0.15, 0.2) is 6.23 Å². The topological polar surface area (TPSA) is 52.3 Å². The number of unbranched alkanes of at least 4 members (excludes halogenated alkanes) is 5. The molecule has 0 aromatic heterocycles. The van der Waals surface area contributed by atoms with Crippen LogP contribution in [0.3, 0.4) is 0 Å². The molecule has 0 aromatic carbocycles. The number of hydrogen-bond acceptors (Lipinski definition) is 3. The molecular weight excluding hydrogens is 202 g/mol. The van der Waals surface area contributed by atoms with Gasteiger partial charge in [-0.05, 0) is 12.8 Å². The average molecular weight is 229 g/mol. The predicted molar refractivity (Wildman–Crippen MR) is 67.0 cm³/mol. The second kappa shape index (κ2) is 10.9. The summed E-state index contributed by atoms with van der Waals surface area (Å²) in [6.07, 6.45) is 8.93. The summed E-state index contributed by atoms with van der Waals surface area (Å²) in [5.74, 6) is -0.142. The summed E-state index contributed by atoms with van der Waals surface area (Å²) in [6.45, 7) is 4.23. The number of carbonyl (C=O) groups is 1. The van der Waals surface area contributed by atoms with Crippen molar-refractivity contribution in [2.24, 2.45) is 5.73 Å². The van der Waals surface area contributed by atoms with E-state index < -0.39 is 6.23 Å². The van der Waals surface area contributed by atoms with Crippen LogP contribution in [-0.2, 0) is 9.53 Å². The third-order valence-electron chi connectivity index (χ3n) is 2.59. The van der Waals surface area contributed by atoms with Gasteiger partial charge < -0.3 is 4.74 Å². The first-order chi connectivity index (χ1) is 7.70. The molecule has 16 heavy (non-hydrogen) atoms. The average Bonchev–Trinajstić information content (AvgIpc) is 2.23. The Morgan fingerprint density at radius 3 is 2.31 bits per heavy atom. The Labute approximate surface area is 99.7 Å². The van der Waals surface area contributed by atoms with Gasteiger partial charge in [-0.2, -0.15) is 0 Å². The van der Waals surface area contributed by atoms with Crippen LogP contribution in [0.15, 0.2) is 0 Å². The normalized spacial score (nSPS) is 12.4. The Hall–Kier alpha value is -0.570. The molecular formula is C13H27NO2. The van der Waals surface area contributed by atoms with Crippen LogP contribution in [0.1, 0.15) is 71.6 Å². The van der Waals surface area contributed by atoms with Crippen molar-refractivity contribution >= 4 is 5.97 Å². The van der Waals surface area contributed by atoms with Crippen LogP contribution in [-0.4, -0.2) is 12.2 Å². The highest BCUT2D eigenvalue weighted by atomic mass is 16.6. The molecule has 3 heteroatoms. The molecule has 0 saturated heterocycles. The summed E-state index contributed by atoms with van der Waals surface area (Å²) in [5.41, 5.74) is 5.61. The molecule has 0 aromatic rings. The summed E-state index contributed by atoms with van der Waals surface area (Å²) in [6, 6.07) is 0. The lowest BCUT2D eigenvalue weighted by molar-refractivity contribution is -0.149. The standard InChI is InChI=1S/C13H27NO2/c1-3-5-6-7-8-9-11-13(15)16-12(14)10-4-2/h12H,3-11,14H2,1-2H3. The van der Waals surface area contributed by atoms with E-state index in [0.717, 1.165) is 25.7 Å². The van der Waals surface area contributed by atoms with Crippen molar-refractivity contribution in [1.29, 1.82) is 0 Å². The van der Waals surface area contributed by atoms with Crippen molar-refractivity contribution in [2.75, 3.05) is 0 Å². The van der Waals surface area contributed by atoms with Gasteiger partial charge in [0.1, 0.15) is 0 Å². The molecule has 0 amide bonds. The third-order valence-corrected chi connectivity index (χ3v) is 2.59. The lowest BCUT2D eigenvalue weighted by atomic mass is 10.1. The zero-order chi connectivity index (χ0) is 12.2. The van der Waals surface area contributed by atoms with E-state index in [2.05, 4.69) is 6.92 Å². The fraction of sp³-hybridized carbons (Fsp3) is 0.923. The van der Waals surface area contributed by atoms with E-state index in [4.69, 9.17) is 10.5 Å². The predicted octanol–water partition coefficient (Wildman–Crippen LogP) is 3.37. The minimum absolute atomic E-state index is 0.142. The van der Waals surface area contributed by atoms with Gasteiger partial charge in [0.05, 0.1) is 0 Å². The van der Waals surface area contributed by atoms with Gasteiger partial charge in [0, 0.05) is 6.42 Å². The summed E-state index contributed by atoms with van der Waals surface area (Å²) in [5, 5.41) is 0. The molecule has 2 N–H and O–H groups in total. The minimum Gasteiger partial charge on any atom is -0.447 e. The van der Waals surface area contributed by atoms with Gasteiger partial charge >= 0.3 is 5.97 Å². The van der Waals surface area contributed by atoms with Crippen molar-refractivity contribution in [1.82, 2.24) is 0 Å². The minimum atomic E-state index is -0.405. The van der Waals surface area contributed by atoms with Crippen LogP contribution >= 0.6 is 0 Å². The third kappa shape index (κ3) is 9.97. The van der Waals surface area contributed by atoms with Crippen molar-refractivity contribution in [3.8, 4) is 0 Å². The number of hydrogen-bond donors (Lipinski definition) is 1. The Morgan fingerprint density at radius 1 is 1.06 bits per heavy atom. The number of carbonyl (C=O) groups excluding carboxylic acids is 1. The van der Waals surface area contributed by atoms with Gasteiger partial charge in [-0.25, -0.2) is 0 Å². The lowest BCUT2D eigenvalue weighted by Crippen LogP contribution is -2.26. The van der Waals surface area contributed by atoms with Crippen molar-refractivity contribution in [3.05, 3.63) is 0 Å². The van der Waals surface area contributed by atoms with E-state index in [-0.39, 0.29) is 5.97 Å².